The van der Waals surface area contributed by atoms with E-state index in [1.807, 2.05) is 42.8 Å². The van der Waals surface area contributed by atoms with E-state index < -0.39 is 11.6 Å². The number of rotatable bonds is 4. The van der Waals surface area contributed by atoms with Crippen molar-refractivity contribution >= 4 is 50.9 Å². The van der Waals surface area contributed by atoms with Gasteiger partial charge in [-0.05, 0) is 57.7 Å². The van der Waals surface area contributed by atoms with Crippen LogP contribution >= 0.6 is 11.6 Å². The van der Waals surface area contributed by atoms with Gasteiger partial charge in [-0.2, -0.15) is 0 Å². The number of fused-ring (bicyclic) bond motifs is 3. The van der Waals surface area contributed by atoms with E-state index in [9.17, 15) is 9.59 Å². The predicted octanol–water partition coefficient (Wildman–Crippen LogP) is 4.11. The first kappa shape index (κ1) is 24.0. The first-order chi connectivity index (χ1) is 16.7. The van der Waals surface area contributed by atoms with Crippen LogP contribution in [0.15, 0.2) is 24.5 Å². The van der Waals surface area contributed by atoms with E-state index in [1.54, 1.807) is 12.3 Å². The smallest absolute Gasteiger partial charge is 0.244 e. The minimum Gasteiger partial charge on any atom is -0.372 e. The third-order valence-electron chi connectivity index (χ3n) is 7.03. The van der Waals surface area contributed by atoms with Crippen LogP contribution in [0.5, 0.6) is 0 Å². The number of hydrogen-bond donors (Lipinski definition) is 2. The summed E-state index contributed by atoms with van der Waals surface area (Å²) in [5, 5.41) is 5.56. The molecule has 0 radical (unpaired) electrons. The lowest BCUT2D eigenvalue weighted by Crippen LogP contribution is -2.60. The molecule has 5 rings (SSSR count). The van der Waals surface area contributed by atoms with Crippen molar-refractivity contribution < 1.29 is 14.3 Å². The van der Waals surface area contributed by atoms with Crippen LogP contribution in [0.2, 0.25) is 5.02 Å². The van der Waals surface area contributed by atoms with Crippen molar-refractivity contribution in [3.05, 3.63) is 35.1 Å². The van der Waals surface area contributed by atoms with Gasteiger partial charge < -0.3 is 19.9 Å². The topological polar surface area (TPSA) is 90.6 Å². The summed E-state index contributed by atoms with van der Waals surface area (Å²) in [6.07, 6.45) is 6.82. The van der Waals surface area contributed by atoms with E-state index in [-0.39, 0.29) is 25.0 Å². The molecule has 0 saturated carbocycles. The number of likely N-dealkylation sites (tertiary alicyclic amines) is 1. The van der Waals surface area contributed by atoms with Crippen molar-refractivity contribution in [3.63, 3.8) is 0 Å². The average molecular weight is 498 g/mol. The van der Waals surface area contributed by atoms with Gasteiger partial charge in [-0.25, -0.2) is 0 Å². The van der Waals surface area contributed by atoms with E-state index in [0.717, 1.165) is 59.7 Å². The summed E-state index contributed by atoms with van der Waals surface area (Å²) in [7, 11) is 0. The molecule has 9 heteroatoms. The van der Waals surface area contributed by atoms with Crippen LogP contribution in [-0.2, 0) is 14.3 Å². The summed E-state index contributed by atoms with van der Waals surface area (Å²) < 4.78 is 6.00. The maximum Gasteiger partial charge on any atom is 0.244 e. The van der Waals surface area contributed by atoms with Gasteiger partial charge in [0.15, 0.2) is 0 Å². The zero-order valence-electron chi connectivity index (χ0n) is 20.5. The molecular formula is C26H32ClN5O3. The Morgan fingerprint density at radius 2 is 2.00 bits per heavy atom. The molecule has 0 aliphatic carbocycles. The highest BCUT2D eigenvalue weighted by molar-refractivity contribution is 6.33. The second-order valence-corrected chi connectivity index (χ2v) is 10.7. The number of aromatic nitrogens is 2. The number of anilines is 1. The standard InChI is InChI=1S/C26H32ClN5O3/c1-16-11-28-12-20-23(16)18-9-17(27)10-19(24(18)29-20)30-25(34)21-14-35-26(2,3)15-32(21)13-22(33)31-7-5-4-6-8-31/h9-12,21,29H,4-8,13-15H2,1-3H3,(H,30,34)/t21-/m0/s1. The van der Waals surface area contributed by atoms with Gasteiger partial charge in [0.25, 0.3) is 0 Å². The summed E-state index contributed by atoms with van der Waals surface area (Å²) in [6, 6.07) is 3.06. The highest BCUT2D eigenvalue weighted by Crippen LogP contribution is 2.35. The fourth-order valence-electron chi connectivity index (χ4n) is 5.28. The molecule has 4 heterocycles. The SMILES string of the molecule is Cc1cncc2[nH]c3c(NC(=O)[C@@H]4COC(C)(C)CN4CC(=O)N4CCCCC4)cc(Cl)cc3c12. The number of carbonyl (C=O) groups excluding carboxylic acids is 2. The summed E-state index contributed by atoms with van der Waals surface area (Å²) in [5.74, 6) is -0.145. The van der Waals surface area contributed by atoms with E-state index in [1.165, 1.54) is 0 Å². The number of benzene rings is 1. The molecule has 2 N–H and O–H groups in total. The maximum atomic E-state index is 13.6. The molecule has 1 aromatic carbocycles. The molecule has 0 unspecified atom stereocenters. The Labute approximate surface area is 209 Å². The minimum absolute atomic E-state index is 0.0731. The molecule has 2 saturated heterocycles. The van der Waals surface area contributed by atoms with Crippen molar-refractivity contribution in [2.75, 3.05) is 38.1 Å². The van der Waals surface area contributed by atoms with Crippen LogP contribution in [0.3, 0.4) is 0 Å². The number of piperidine rings is 1. The van der Waals surface area contributed by atoms with Crippen molar-refractivity contribution in [2.24, 2.45) is 0 Å². The molecule has 2 aliphatic heterocycles. The molecule has 186 valence electrons. The van der Waals surface area contributed by atoms with Gasteiger partial charge in [-0.3, -0.25) is 19.5 Å². The third-order valence-corrected chi connectivity index (χ3v) is 7.25. The van der Waals surface area contributed by atoms with E-state index >= 15 is 0 Å². The highest BCUT2D eigenvalue weighted by Gasteiger charge is 2.39. The lowest BCUT2D eigenvalue weighted by Gasteiger charge is -2.43. The van der Waals surface area contributed by atoms with Crippen LogP contribution in [0, 0.1) is 6.92 Å². The number of nitrogens with zero attached hydrogens (tertiary/aromatic N) is 3. The maximum absolute atomic E-state index is 13.6. The Kier molecular flexibility index (Phi) is 6.46. The van der Waals surface area contributed by atoms with Crippen LogP contribution in [0.1, 0.15) is 38.7 Å². The quantitative estimate of drug-likeness (QED) is 0.566. The van der Waals surface area contributed by atoms with E-state index in [4.69, 9.17) is 16.3 Å². The Balaban J connectivity index is 1.42. The first-order valence-corrected chi connectivity index (χ1v) is 12.6. The molecule has 2 amide bonds. The van der Waals surface area contributed by atoms with Gasteiger partial charge >= 0.3 is 0 Å². The number of H-pyrrole nitrogens is 1. The number of carbonyl (C=O) groups is 2. The molecular weight excluding hydrogens is 466 g/mol. The molecule has 0 spiro atoms. The van der Waals surface area contributed by atoms with Crippen LogP contribution in [0.25, 0.3) is 21.8 Å². The number of aromatic amines is 1. The molecule has 35 heavy (non-hydrogen) atoms. The second-order valence-electron chi connectivity index (χ2n) is 10.3. The number of aryl methyl sites for hydroxylation is 1. The number of nitrogens with one attached hydrogen (secondary N) is 2. The van der Waals surface area contributed by atoms with Crippen molar-refractivity contribution in [1.29, 1.82) is 0 Å². The predicted molar refractivity (Wildman–Crippen MR) is 138 cm³/mol. The summed E-state index contributed by atoms with van der Waals surface area (Å²) in [6.45, 7) is 8.46. The van der Waals surface area contributed by atoms with Gasteiger partial charge in [0.1, 0.15) is 6.04 Å². The van der Waals surface area contributed by atoms with Crippen molar-refractivity contribution in [2.45, 2.75) is 51.7 Å². The Bertz CT molecular complexity index is 1280. The zero-order chi connectivity index (χ0) is 24.7. The highest BCUT2D eigenvalue weighted by atomic mass is 35.5. The Morgan fingerprint density at radius 1 is 1.23 bits per heavy atom. The molecule has 2 fully saturated rings. The number of amides is 2. The van der Waals surface area contributed by atoms with E-state index in [0.29, 0.717) is 17.3 Å². The van der Waals surface area contributed by atoms with Crippen molar-refractivity contribution in [1.82, 2.24) is 19.8 Å². The van der Waals surface area contributed by atoms with Crippen LogP contribution < -0.4 is 5.32 Å². The summed E-state index contributed by atoms with van der Waals surface area (Å²) >= 11 is 6.46. The molecule has 3 aromatic rings. The summed E-state index contributed by atoms with van der Waals surface area (Å²) in [4.78, 5) is 38.1. The van der Waals surface area contributed by atoms with Crippen LogP contribution in [0.4, 0.5) is 5.69 Å². The van der Waals surface area contributed by atoms with Gasteiger partial charge in [-0.1, -0.05) is 11.6 Å². The second kappa shape index (κ2) is 9.41. The normalized spacial score (nSPS) is 20.9. The Hall–Kier alpha value is -2.68. The van der Waals surface area contributed by atoms with E-state index in [2.05, 4.69) is 15.3 Å². The average Bonchev–Trinajstić information content (AvgIpc) is 3.19. The number of pyridine rings is 1. The number of hydrogen-bond acceptors (Lipinski definition) is 5. The van der Waals surface area contributed by atoms with Gasteiger partial charge in [0.2, 0.25) is 11.8 Å². The fraction of sp³-hybridized carbons (Fsp3) is 0.500. The lowest BCUT2D eigenvalue weighted by atomic mass is 10.0. The first-order valence-electron chi connectivity index (χ1n) is 12.2. The van der Waals surface area contributed by atoms with Crippen molar-refractivity contribution in [3.8, 4) is 0 Å². The van der Waals surface area contributed by atoms with Gasteiger partial charge in [0.05, 0.1) is 41.7 Å². The fourth-order valence-corrected chi connectivity index (χ4v) is 5.50. The lowest BCUT2D eigenvalue weighted by molar-refractivity contribution is -0.150. The number of morpholine rings is 1. The molecule has 8 nitrogen and oxygen atoms in total. The largest absolute Gasteiger partial charge is 0.372 e. The number of ether oxygens (including phenoxy) is 1. The zero-order valence-corrected chi connectivity index (χ0v) is 21.2. The van der Waals surface area contributed by atoms with Crippen LogP contribution in [-0.4, -0.2) is 76.0 Å². The number of halogens is 1. The Morgan fingerprint density at radius 3 is 2.77 bits per heavy atom. The molecule has 0 bridgehead atoms. The van der Waals surface area contributed by atoms with Gasteiger partial charge in [-0.15, -0.1) is 0 Å². The third kappa shape index (κ3) is 4.87. The molecule has 2 aromatic heterocycles. The minimum atomic E-state index is -0.585. The summed E-state index contributed by atoms with van der Waals surface area (Å²) in [5.41, 5.74) is 2.86. The monoisotopic (exact) mass is 497 g/mol. The molecule has 1 atom stereocenters. The van der Waals surface area contributed by atoms with Gasteiger partial charge in [0, 0.05) is 41.6 Å². The molecule has 2 aliphatic rings.